The minimum atomic E-state index is 0.124. The Hall–Kier alpha value is -2.91. The molecule has 128 valence electrons. The smallest absolute Gasteiger partial charge is 0.196 e. The summed E-state index contributed by atoms with van der Waals surface area (Å²) in [4.78, 5) is 15.7. The van der Waals surface area contributed by atoms with E-state index in [-0.39, 0.29) is 5.78 Å². The molecule has 0 N–H and O–H groups in total. The summed E-state index contributed by atoms with van der Waals surface area (Å²) in [6.45, 7) is 3.02. The predicted molar refractivity (Wildman–Crippen MR) is 104 cm³/mol. The number of ether oxygens (including phenoxy) is 1. The van der Waals surface area contributed by atoms with Crippen molar-refractivity contribution in [2.24, 2.45) is 0 Å². The average molecular weight is 341 g/mol. The van der Waals surface area contributed by atoms with E-state index < -0.39 is 0 Å². The van der Waals surface area contributed by atoms with Crippen molar-refractivity contribution in [2.45, 2.75) is 0 Å². The summed E-state index contributed by atoms with van der Waals surface area (Å²) < 4.78 is 5.54. The maximum absolute atomic E-state index is 13.4. The molecule has 0 amide bonds. The number of rotatable bonds is 2. The lowest BCUT2D eigenvalue weighted by molar-refractivity contribution is 0.0641. The molecule has 5 rings (SSSR count). The van der Waals surface area contributed by atoms with E-state index in [2.05, 4.69) is 35.2 Å². The lowest BCUT2D eigenvalue weighted by Crippen LogP contribution is -2.35. The van der Waals surface area contributed by atoms with Gasteiger partial charge in [-0.1, -0.05) is 66.7 Å². The molecule has 2 aliphatic rings. The van der Waals surface area contributed by atoms with E-state index in [1.54, 1.807) is 0 Å². The van der Waals surface area contributed by atoms with Gasteiger partial charge in [0.05, 0.1) is 24.5 Å². The lowest BCUT2D eigenvalue weighted by atomic mass is 9.95. The fourth-order valence-electron chi connectivity index (χ4n) is 4.07. The quantitative estimate of drug-likeness (QED) is 0.698. The highest BCUT2D eigenvalue weighted by Crippen LogP contribution is 2.42. The Bertz CT molecular complexity index is 1040. The molecular formula is C23H19NO2. The molecule has 3 aromatic carbocycles. The van der Waals surface area contributed by atoms with Gasteiger partial charge in [-0.05, 0) is 16.3 Å². The van der Waals surface area contributed by atoms with E-state index in [4.69, 9.17) is 4.74 Å². The Labute approximate surface area is 152 Å². The van der Waals surface area contributed by atoms with Gasteiger partial charge < -0.3 is 9.64 Å². The van der Waals surface area contributed by atoms with Crippen LogP contribution in [0.3, 0.4) is 0 Å². The van der Waals surface area contributed by atoms with Gasteiger partial charge in [0.1, 0.15) is 0 Å². The van der Waals surface area contributed by atoms with Crippen LogP contribution in [0.1, 0.15) is 21.5 Å². The first-order valence-electron chi connectivity index (χ1n) is 9.04. The number of nitrogens with zero attached hydrogens (tertiary/aromatic N) is 1. The van der Waals surface area contributed by atoms with Crippen LogP contribution in [-0.2, 0) is 4.74 Å². The number of benzene rings is 3. The molecule has 1 aliphatic carbocycles. The summed E-state index contributed by atoms with van der Waals surface area (Å²) in [5.74, 6) is 0.124. The summed E-state index contributed by atoms with van der Waals surface area (Å²) in [7, 11) is 0. The number of carbonyl (C=O) groups excluding carboxylic acids is 1. The minimum Gasteiger partial charge on any atom is -0.378 e. The van der Waals surface area contributed by atoms with Gasteiger partial charge in [0.15, 0.2) is 5.78 Å². The summed E-state index contributed by atoms with van der Waals surface area (Å²) >= 11 is 0. The zero-order valence-electron chi connectivity index (χ0n) is 14.4. The maximum Gasteiger partial charge on any atom is 0.196 e. The second kappa shape index (κ2) is 6.11. The van der Waals surface area contributed by atoms with Crippen molar-refractivity contribution in [2.75, 3.05) is 26.3 Å². The molecule has 0 saturated carbocycles. The SMILES string of the molecule is O=C1C(c2cccc3ccccc23)=C(N2CCOCC2)c2ccccc21. The first-order valence-corrected chi connectivity index (χ1v) is 9.04. The summed E-state index contributed by atoms with van der Waals surface area (Å²) in [5, 5.41) is 2.28. The Morgan fingerprint density at radius 1 is 0.731 bits per heavy atom. The number of hydrogen-bond acceptors (Lipinski definition) is 3. The molecule has 1 saturated heterocycles. The van der Waals surface area contributed by atoms with Gasteiger partial charge in [0, 0.05) is 24.2 Å². The van der Waals surface area contributed by atoms with Gasteiger partial charge in [-0.2, -0.15) is 0 Å². The van der Waals surface area contributed by atoms with Crippen LogP contribution in [0, 0.1) is 0 Å². The number of Topliss-reactive ketones (excluding diaryl/α,β-unsaturated/α-hetero) is 1. The number of allylic oxidation sites excluding steroid dienone is 1. The van der Waals surface area contributed by atoms with Crippen LogP contribution in [0.5, 0.6) is 0 Å². The van der Waals surface area contributed by atoms with E-state index >= 15 is 0 Å². The van der Waals surface area contributed by atoms with Gasteiger partial charge >= 0.3 is 0 Å². The van der Waals surface area contributed by atoms with Crippen molar-refractivity contribution in [1.29, 1.82) is 0 Å². The fraction of sp³-hybridized carbons (Fsp3) is 0.174. The van der Waals surface area contributed by atoms with Crippen molar-refractivity contribution >= 4 is 27.8 Å². The maximum atomic E-state index is 13.4. The molecule has 0 unspecified atom stereocenters. The molecule has 26 heavy (non-hydrogen) atoms. The normalized spacial score (nSPS) is 17.1. The average Bonchev–Trinajstić information content (AvgIpc) is 3.01. The molecule has 3 aromatic rings. The second-order valence-corrected chi connectivity index (χ2v) is 6.72. The van der Waals surface area contributed by atoms with Gasteiger partial charge in [0.2, 0.25) is 0 Å². The van der Waals surface area contributed by atoms with Crippen LogP contribution < -0.4 is 0 Å². The van der Waals surface area contributed by atoms with E-state index in [0.29, 0.717) is 13.2 Å². The lowest BCUT2D eigenvalue weighted by Gasteiger charge is -2.31. The topological polar surface area (TPSA) is 29.5 Å². The van der Waals surface area contributed by atoms with E-state index in [0.717, 1.165) is 51.8 Å². The molecule has 0 radical (unpaired) electrons. The summed E-state index contributed by atoms with van der Waals surface area (Å²) in [5.41, 5.74) is 4.75. The molecule has 0 aromatic heterocycles. The van der Waals surface area contributed by atoms with Crippen molar-refractivity contribution in [1.82, 2.24) is 4.90 Å². The van der Waals surface area contributed by atoms with Crippen molar-refractivity contribution in [3.8, 4) is 0 Å². The molecule has 1 heterocycles. The molecule has 0 bridgehead atoms. The van der Waals surface area contributed by atoms with E-state index in [9.17, 15) is 4.79 Å². The monoisotopic (exact) mass is 341 g/mol. The Morgan fingerprint density at radius 2 is 1.38 bits per heavy atom. The van der Waals surface area contributed by atoms with E-state index in [1.165, 1.54) is 0 Å². The molecule has 0 spiro atoms. The Balaban J connectivity index is 1.79. The fourth-order valence-corrected chi connectivity index (χ4v) is 4.07. The number of fused-ring (bicyclic) bond motifs is 2. The van der Waals surface area contributed by atoms with Crippen molar-refractivity contribution in [3.05, 3.63) is 83.4 Å². The Kier molecular flexibility index (Phi) is 3.61. The van der Waals surface area contributed by atoms with Crippen molar-refractivity contribution < 1.29 is 9.53 Å². The van der Waals surface area contributed by atoms with Gasteiger partial charge in [0.25, 0.3) is 0 Å². The van der Waals surface area contributed by atoms with Crippen LogP contribution in [-0.4, -0.2) is 37.0 Å². The first-order chi connectivity index (χ1) is 12.8. The minimum absolute atomic E-state index is 0.124. The molecule has 3 nitrogen and oxygen atoms in total. The standard InChI is InChI=1S/C23H19NO2/c25-23-20-10-4-3-9-19(20)22(24-12-14-26-15-13-24)21(23)18-11-5-7-16-6-1-2-8-17(16)18/h1-11H,12-15H2. The van der Waals surface area contributed by atoms with Crippen molar-refractivity contribution in [3.63, 3.8) is 0 Å². The number of morpholine rings is 1. The van der Waals surface area contributed by atoms with E-state index in [1.807, 2.05) is 36.4 Å². The first kappa shape index (κ1) is 15.4. The predicted octanol–water partition coefficient (Wildman–Crippen LogP) is 4.24. The second-order valence-electron chi connectivity index (χ2n) is 6.72. The van der Waals surface area contributed by atoms with Gasteiger partial charge in [-0.25, -0.2) is 0 Å². The van der Waals surface area contributed by atoms with Gasteiger partial charge in [-0.15, -0.1) is 0 Å². The highest BCUT2D eigenvalue weighted by Gasteiger charge is 2.34. The van der Waals surface area contributed by atoms with Gasteiger partial charge in [-0.3, -0.25) is 4.79 Å². The third kappa shape index (κ3) is 2.28. The molecule has 3 heteroatoms. The van der Waals surface area contributed by atoms with Crippen LogP contribution in [0.2, 0.25) is 0 Å². The van der Waals surface area contributed by atoms with Crippen LogP contribution in [0.4, 0.5) is 0 Å². The summed E-state index contributed by atoms with van der Waals surface area (Å²) in [6, 6.07) is 22.4. The third-order valence-corrected chi connectivity index (χ3v) is 5.28. The van der Waals surface area contributed by atoms with Crippen LogP contribution >= 0.6 is 0 Å². The van der Waals surface area contributed by atoms with Crippen LogP contribution in [0.25, 0.3) is 22.0 Å². The molecule has 1 aliphatic heterocycles. The third-order valence-electron chi connectivity index (χ3n) is 5.28. The highest BCUT2D eigenvalue weighted by molar-refractivity contribution is 6.41. The largest absolute Gasteiger partial charge is 0.378 e. The molecule has 0 atom stereocenters. The Morgan fingerprint density at radius 3 is 2.23 bits per heavy atom. The summed E-state index contributed by atoms with van der Waals surface area (Å²) in [6.07, 6.45) is 0. The zero-order valence-corrected chi connectivity index (χ0v) is 14.4. The highest BCUT2D eigenvalue weighted by atomic mass is 16.5. The van der Waals surface area contributed by atoms with Crippen LogP contribution in [0.15, 0.2) is 66.7 Å². The molecule has 1 fully saturated rings. The molecular weight excluding hydrogens is 322 g/mol. The number of hydrogen-bond donors (Lipinski definition) is 0. The zero-order chi connectivity index (χ0) is 17.5. The number of carbonyl (C=O) groups is 1. The number of ketones is 1.